The molecule has 0 saturated heterocycles. The summed E-state index contributed by atoms with van der Waals surface area (Å²) in [6.45, 7) is 2.12. The zero-order valence-corrected chi connectivity index (χ0v) is 18.2. The van der Waals surface area contributed by atoms with E-state index in [-0.39, 0.29) is 32.2 Å². The second-order valence-corrected chi connectivity index (χ2v) is 7.22. The molecule has 33 heavy (non-hydrogen) atoms. The van der Waals surface area contributed by atoms with Crippen LogP contribution in [0.5, 0.6) is 0 Å². The molecule has 2 aromatic heterocycles. The Morgan fingerprint density at radius 2 is 1.91 bits per heavy atom. The number of hydrogen-bond donors (Lipinski definition) is 5. The van der Waals surface area contributed by atoms with E-state index in [0.717, 1.165) is 27.5 Å². The van der Waals surface area contributed by atoms with E-state index in [2.05, 4.69) is 25.9 Å². The predicted octanol–water partition coefficient (Wildman–Crippen LogP) is 2.41. The number of anilines is 1. The van der Waals surface area contributed by atoms with Crippen LogP contribution in [0.1, 0.15) is 18.9 Å². The molecule has 0 saturated carbocycles. The lowest BCUT2D eigenvalue weighted by Gasteiger charge is -2.14. The fourth-order valence-electron chi connectivity index (χ4n) is 3.22. The number of ether oxygens (including phenoxy) is 1. The summed E-state index contributed by atoms with van der Waals surface area (Å²) < 4.78 is 5.03. The van der Waals surface area contributed by atoms with Gasteiger partial charge in [-0.25, -0.2) is 14.6 Å². The first-order valence-electron chi connectivity index (χ1n) is 10.6. The molecule has 0 aliphatic heterocycles. The number of fused-ring (bicyclic) bond motifs is 1. The molecule has 2 heterocycles. The number of aliphatic hydroxyl groups excluding tert-OH is 2. The number of aromatic nitrogens is 2. The first-order chi connectivity index (χ1) is 16.0. The number of hydrogen-bond acceptors (Lipinski definition) is 7. The van der Waals surface area contributed by atoms with E-state index in [9.17, 15) is 14.7 Å². The first kappa shape index (κ1) is 23.9. The van der Waals surface area contributed by atoms with E-state index in [1.807, 2.05) is 31.2 Å². The molecule has 0 aliphatic rings. The number of nitrogens with one attached hydrogen (secondary N) is 3. The van der Waals surface area contributed by atoms with Crippen molar-refractivity contribution in [1.29, 1.82) is 0 Å². The van der Waals surface area contributed by atoms with E-state index in [1.165, 1.54) is 0 Å². The van der Waals surface area contributed by atoms with Crippen molar-refractivity contribution in [1.82, 2.24) is 20.6 Å². The average molecular weight is 453 g/mol. The highest BCUT2D eigenvalue weighted by atomic mass is 16.5. The Labute approximate surface area is 191 Å². The van der Waals surface area contributed by atoms with Gasteiger partial charge in [-0.3, -0.25) is 10.3 Å². The Balaban J connectivity index is 1.84. The topological polar surface area (TPSA) is 146 Å². The average Bonchev–Trinajstić information content (AvgIpc) is 2.83. The molecular formula is C23H27N5O5. The second-order valence-electron chi connectivity index (χ2n) is 7.22. The van der Waals surface area contributed by atoms with E-state index in [4.69, 9.17) is 9.84 Å². The highest BCUT2D eigenvalue weighted by Crippen LogP contribution is 2.31. The number of carbonyl (C=O) groups is 2. The fourth-order valence-corrected chi connectivity index (χ4v) is 3.22. The van der Waals surface area contributed by atoms with Crippen LogP contribution < -0.4 is 16.0 Å². The van der Waals surface area contributed by atoms with Crippen LogP contribution >= 0.6 is 0 Å². The van der Waals surface area contributed by atoms with Crippen LogP contribution in [0.25, 0.3) is 21.9 Å². The zero-order chi connectivity index (χ0) is 23.6. The zero-order valence-electron chi connectivity index (χ0n) is 18.2. The van der Waals surface area contributed by atoms with E-state index >= 15 is 0 Å². The number of urea groups is 1. The van der Waals surface area contributed by atoms with Crippen LogP contribution in [0.4, 0.5) is 15.4 Å². The number of benzene rings is 1. The molecule has 1 aromatic carbocycles. The van der Waals surface area contributed by atoms with Crippen LogP contribution in [-0.2, 0) is 11.3 Å². The molecule has 5 N–H and O–H groups in total. The Morgan fingerprint density at radius 3 is 2.64 bits per heavy atom. The summed E-state index contributed by atoms with van der Waals surface area (Å²) in [6, 6.07) is 9.06. The number of amides is 3. The maximum atomic E-state index is 12.0. The summed E-state index contributed by atoms with van der Waals surface area (Å²) in [5.74, 6) is 0.399. The molecule has 0 fully saturated rings. The Morgan fingerprint density at radius 1 is 1.12 bits per heavy atom. The summed E-state index contributed by atoms with van der Waals surface area (Å²) in [6.07, 6.45) is 3.66. The van der Waals surface area contributed by atoms with Crippen molar-refractivity contribution in [3.63, 3.8) is 0 Å². The van der Waals surface area contributed by atoms with Crippen LogP contribution in [0.2, 0.25) is 0 Å². The maximum Gasteiger partial charge on any atom is 0.407 e. The van der Waals surface area contributed by atoms with Gasteiger partial charge in [0.2, 0.25) is 0 Å². The molecule has 0 spiro atoms. The molecule has 10 heteroatoms. The van der Waals surface area contributed by atoms with Gasteiger partial charge in [-0.2, -0.15) is 0 Å². The monoisotopic (exact) mass is 453 g/mol. The van der Waals surface area contributed by atoms with Crippen LogP contribution in [0, 0.1) is 0 Å². The molecular weight excluding hydrogens is 426 g/mol. The highest BCUT2D eigenvalue weighted by molar-refractivity contribution is 6.00. The van der Waals surface area contributed by atoms with Crippen LogP contribution in [0.3, 0.4) is 0 Å². The van der Waals surface area contributed by atoms with Gasteiger partial charge in [-0.15, -0.1) is 0 Å². The van der Waals surface area contributed by atoms with Gasteiger partial charge in [0.1, 0.15) is 5.82 Å². The van der Waals surface area contributed by atoms with Gasteiger partial charge in [0.05, 0.1) is 19.3 Å². The third-order valence-electron chi connectivity index (χ3n) is 4.88. The molecule has 3 rings (SSSR count). The van der Waals surface area contributed by atoms with E-state index in [0.29, 0.717) is 12.4 Å². The number of pyridine rings is 2. The van der Waals surface area contributed by atoms with Crippen molar-refractivity contribution < 1.29 is 24.5 Å². The lowest BCUT2D eigenvalue weighted by molar-refractivity contribution is 0.0639. The SMILES string of the molecule is CCNC(=O)Nc1cc2c(-c3ccncc3)ccc(CNC(=O)OCCC(O)CO)c2cn1. The van der Waals surface area contributed by atoms with Gasteiger partial charge >= 0.3 is 12.1 Å². The molecule has 1 unspecified atom stereocenters. The molecule has 3 amide bonds. The Bertz CT molecular complexity index is 1090. The normalized spacial score (nSPS) is 11.6. The van der Waals surface area contributed by atoms with E-state index < -0.39 is 12.2 Å². The van der Waals surface area contributed by atoms with Gasteiger partial charge in [0, 0.05) is 43.5 Å². The molecule has 0 bridgehead atoms. The molecule has 174 valence electrons. The molecule has 0 aliphatic carbocycles. The van der Waals surface area contributed by atoms with Crippen molar-refractivity contribution in [2.24, 2.45) is 0 Å². The minimum absolute atomic E-state index is 0.00824. The maximum absolute atomic E-state index is 12.0. The minimum Gasteiger partial charge on any atom is -0.449 e. The van der Waals surface area contributed by atoms with Crippen molar-refractivity contribution in [2.45, 2.75) is 26.0 Å². The van der Waals surface area contributed by atoms with Gasteiger partial charge in [0.25, 0.3) is 0 Å². The number of carbonyl (C=O) groups excluding carboxylic acids is 2. The number of rotatable bonds is 9. The number of aliphatic hydroxyl groups is 2. The van der Waals surface area contributed by atoms with Crippen molar-refractivity contribution >= 4 is 28.7 Å². The minimum atomic E-state index is -0.921. The third kappa shape index (κ3) is 6.61. The number of nitrogens with zero attached hydrogens (tertiary/aromatic N) is 2. The van der Waals surface area contributed by atoms with Crippen molar-refractivity contribution in [3.05, 3.63) is 54.5 Å². The van der Waals surface area contributed by atoms with Gasteiger partial charge < -0.3 is 25.6 Å². The fraction of sp³-hybridized carbons (Fsp3) is 0.304. The van der Waals surface area contributed by atoms with Gasteiger partial charge in [-0.05, 0) is 47.2 Å². The van der Waals surface area contributed by atoms with E-state index in [1.54, 1.807) is 24.7 Å². The molecule has 1 atom stereocenters. The largest absolute Gasteiger partial charge is 0.449 e. The van der Waals surface area contributed by atoms with Gasteiger partial charge in [-0.1, -0.05) is 12.1 Å². The summed E-state index contributed by atoms with van der Waals surface area (Å²) in [5, 5.41) is 27.9. The first-order valence-corrected chi connectivity index (χ1v) is 10.6. The second kappa shape index (κ2) is 11.7. The molecule has 0 radical (unpaired) electrons. The predicted molar refractivity (Wildman–Crippen MR) is 124 cm³/mol. The Kier molecular flexibility index (Phi) is 8.50. The van der Waals surface area contributed by atoms with Crippen molar-refractivity contribution in [3.8, 4) is 11.1 Å². The van der Waals surface area contributed by atoms with Crippen molar-refractivity contribution in [2.75, 3.05) is 25.1 Å². The summed E-state index contributed by atoms with van der Waals surface area (Å²) in [7, 11) is 0. The highest BCUT2D eigenvalue weighted by Gasteiger charge is 2.12. The third-order valence-corrected chi connectivity index (χ3v) is 4.88. The van der Waals surface area contributed by atoms with Crippen LogP contribution in [0.15, 0.2) is 48.9 Å². The lowest BCUT2D eigenvalue weighted by atomic mass is 9.96. The summed E-state index contributed by atoms with van der Waals surface area (Å²) in [5.41, 5.74) is 2.69. The summed E-state index contributed by atoms with van der Waals surface area (Å²) in [4.78, 5) is 32.3. The molecule has 10 nitrogen and oxygen atoms in total. The smallest absolute Gasteiger partial charge is 0.407 e. The quantitative estimate of drug-likeness (QED) is 0.334. The Hall–Kier alpha value is -3.76. The van der Waals surface area contributed by atoms with Gasteiger partial charge in [0.15, 0.2) is 0 Å². The standard InChI is InChI=1S/C23H27N5O5/c1-2-25-22(31)28-21-11-19-18(15-5-8-24-9-6-15)4-3-16(20(19)13-26-21)12-27-23(32)33-10-7-17(30)14-29/h3-6,8-9,11,13,17,29-30H,2,7,10,12,14H2,1H3,(H,27,32)(H2,25,26,28,31). The summed E-state index contributed by atoms with van der Waals surface area (Å²) >= 11 is 0. The molecule has 3 aromatic rings. The lowest BCUT2D eigenvalue weighted by Crippen LogP contribution is -2.28. The number of alkyl carbamates (subject to hydrolysis) is 1. The van der Waals surface area contributed by atoms with Crippen LogP contribution in [-0.4, -0.2) is 58.2 Å².